The third kappa shape index (κ3) is 5.16. The minimum atomic E-state index is -4.13. The van der Waals surface area contributed by atoms with Crippen molar-refractivity contribution >= 4 is 5.91 Å². The van der Waals surface area contributed by atoms with Gasteiger partial charge in [0, 0.05) is 37.0 Å². The smallest absolute Gasteiger partial charge is 0.352 e. The van der Waals surface area contributed by atoms with E-state index in [4.69, 9.17) is 0 Å². The summed E-state index contributed by atoms with van der Waals surface area (Å²) in [7, 11) is 0. The Morgan fingerprint density at radius 1 is 1.19 bits per heavy atom. The van der Waals surface area contributed by atoms with Gasteiger partial charge in [-0.05, 0) is 25.2 Å². The molecule has 2 unspecified atom stereocenters. The molecule has 122 valence electrons. The topological polar surface area (TPSA) is 32.3 Å². The fourth-order valence-corrected chi connectivity index (χ4v) is 2.96. The summed E-state index contributed by atoms with van der Waals surface area (Å²) < 4.78 is 38.0. The monoisotopic (exact) mass is 306 g/mol. The summed E-state index contributed by atoms with van der Waals surface area (Å²) in [6.07, 6.45) is -2.32. The number of likely N-dealkylation sites (tertiary alicyclic amines) is 1. The maximum atomic E-state index is 12.7. The zero-order valence-electron chi connectivity index (χ0n) is 13.0. The van der Waals surface area contributed by atoms with E-state index < -0.39 is 23.9 Å². The Hall–Kier alpha value is -0.780. The van der Waals surface area contributed by atoms with E-state index in [9.17, 15) is 18.0 Å². The molecule has 6 heteroatoms. The molecule has 2 rings (SSSR count). The standard InChI is InChI=1S/C15H25F3N2O/c1-14(2,3)13(21)19-11-6-10(7-15(16,17)18)8-20(9-11)12-4-5-12/h10-12H,4-9H2,1-3H3,(H,19,21). The first kappa shape index (κ1) is 16.6. The molecule has 0 spiro atoms. The Balaban J connectivity index is 1.98. The third-order valence-electron chi connectivity index (χ3n) is 4.17. The first-order valence-electron chi connectivity index (χ1n) is 7.66. The molecule has 1 aliphatic heterocycles. The fourth-order valence-electron chi connectivity index (χ4n) is 2.96. The van der Waals surface area contributed by atoms with Crippen molar-refractivity contribution in [3.8, 4) is 0 Å². The summed E-state index contributed by atoms with van der Waals surface area (Å²) in [5.41, 5.74) is -0.513. The average molecular weight is 306 g/mol. The highest BCUT2D eigenvalue weighted by Crippen LogP contribution is 2.35. The second kappa shape index (κ2) is 5.78. The molecule has 0 aromatic rings. The highest BCUT2D eigenvalue weighted by atomic mass is 19.4. The van der Waals surface area contributed by atoms with Gasteiger partial charge in [-0.15, -0.1) is 0 Å². The van der Waals surface area contributed by atoms with Crippen LogP contribution in [0.5, 0.6) is 0 Å². The summed E-state index contributed by atoms with van der Waals surface area (Å²) in [6.45, 7) is 6.64. The Bertz CT molecular complexity index is 385. The van der Waals surface area contributed by atoms with Crippen molar-refractivity contribution in [3.63, 3.8) is 0 Å². The SMILES string of the molecule is CC(C)(C)C(=O)NC1CC(CC(F)(F)F)CN(C2CC2)C1. The Morgan fingerprint density at radius 2 is 1.81 bits per heavy atom. The molecule has 0 aromatic carbocycles. The van der Waals surface area contributed by atoms with Crippen LogP contribution in [0, 0.1) is 11.3 Å². The molecule has 2 fully saturated rings. The van der Waals surface area contributed by atoms with Crippen LogP contribution in [0.15, 0.2) is 0 Å². The van der Waals surface area contributed by atoms with Gasteiger partial charge in [-0.1, -0.05) is 20.8 Å². The maximum absolute atomic E-state index is 12.7. The van der Waals surface area contributed by atoms with Crippen LogP contribution in [0.4, 0.5) is 13.2 Å². The zero-order valence-corrected chi connectivity index (χ0v) is 13.0. The molecule has 1 saturated carbocycles. The average Bonchev–Trinajstić information content (AvgIpc) is 3.08. The summed E-state index contributed by atoms with van der Waals surface area (Å²) in [6, 6.07) is 0.258. The Labute approximate surface area is 124 Å². The summed E-state index contributed by atoms with van der Waals surface area (Å²) in [4.78, 5) is 14.2. The predicted molar refractivity (Wildman–Crippen MR) is 74.8 cm³/mol. The highest BCUT2D eigenvalue weighted by molar-refractivity contribution is 5.81. The number of nitrogens with zero attached hydrogens (tertiary/aromatic N) is 1. The van der Waals surface area contributed by atoms with Crippen LogP contribution in [0.2, 0.25) is 0 Å². The summed E-state index contributed by atoms with van der Waals surface area (Å²) in [5.74, 6) is -0.500. The van der Waals surface area contributed by atoms with E-state index in [-0.39, 0.29) is 11.9 Å². The highest BCUT2D eigenvalue weighted by Gasteiger charge is 2.41. The first-order chi connectivity index (χ1) is 9.54. The number of halogens is 3. The van der Waals surface area contributed by atoms with E-state index in [1.165, 1.54) is 0 Å². The van der Waals surface area contributed by atoms with Gasteiger partial charge in [0.25, 0.3) is 0 Å². The maximum Gasteiger partial charge on any atom is 0.389 e. The number of rotatable bonds is 3. The van der Waals surface area contributed by atoms with Crippen molar-refractivity contribution in [3.05, 3.63) is 0 Å². The quantitative estimate of drug-likeness (QED) is 0.869. The lowest BCUT2D eigenvalue weighted by Gasteiger charge is -2.39. The first-order valence-corrected chi connectivity index (χ1v) is 7.66. The van der Waals surface area contributed by atoms with Crippen molar-refractivity contribution in [2.75, 3.05) is 13.1 Å². The molecule has 1 heterocycles. The van der Waals surface area contributed by atoms with Gasteiger partial charge in [-0.25, -0.2) is 0 Å². The van der Waals surface area contributed by atoms with Gasteiger partial charge in [-0.3, -0.25) is 9.69 Å². The molecule has 3 nitrogen and oxygen atoms in total. The zero-order chi connectivity index (χ0) is 15.8. The molecule has 0 radical (unpaired) electrons. The number of hydrogen-bond donors (Lipinski definition) is 1. The van der Waals surface area contributed by atoms with Crippen molar-refractivity contribution in [2.24, 2.45) is 11.3 Å². The second-order valence-corrected chi connectivity index (χ2v) is 7.53. The number of carbonyl (C=O) groups excluding carboxylic acids is 1. The number of nitrogens with one attached hydrogen (secondary N) is 1. The largest absolute Gasteiger partial charge is 0.389 e. The number of piperidine rings is 1. The van der Waals surface area contributed by atoms with Crippen LogP contribution in [-0.2, 0) is 4.79 Å². The van der Waals surface area contributed by atoms with E-state index in [1.807, 2.05) is 20.8 Å². The molecule has 2 aliphatic rings. The molecule has 1 amide bonds. The molecular weight excluding hydrogens is 281 g/mol. The van der Waals surface area contributed by atoms with Crippen molar-refractivity contribution in [2.45, 2.75) is 64.7 Å². The van der Waals surface area contributed by atoms with Gasteiger partial charge in [0.2, 0.25) is 5.91 Å². The van der Waals surface area contributed by atoms with Gasteiger partial charge < -0.3 is 5.32 Å². The molecule has 0 bridgehead atoms. The lowest BCUT2D eigenvalue weighted by Crippen LogP contribution is -2.53. The van der Waals surface area contributed by atoms with Gasteiger partial charge >= 0.3 is 6.18 Å². The van der Waals surface area contributed by atoms with Crippen LogP contribution in [0.25, 0.3) is 0 Å². The lowest BCUT2D eigenvalue weighted by molar-refractivity contribution is -0.149. The number of amides is 1. The molecule has 1 N–H and O–H groups in total. The number of carbonyl (C=O) groups is 1. The Kier molecular flexibility index (Phi) is 4.57. The van der Waals surface area contributed by atoms with Crippen LogP contribution in [0.3, 0.4) is 0 Å². The predicted octanol–water partition coefficient (Wildman–Crippen LogP) is 2.95. The second-order valence-electron chi connectivity index (χ2n) is 7.53. The normalized spacial score (nSPS) is 28.5. The Morgan fingerprint density at radius 3 is 2.29 bits per heavy atom. The molecule has 2 atom stereocenters. The van der Waals surface area contributed by atoms with Crippen LogP contribution in [-0.4, -0.2) is 42.2 Å². The molecule has 1 aliphatic carbocycles. The van der Waals surface area contributed by atoms with Crippen molar-refractivity contribution < 1.29 is 18.0 Å². The van der Waals surface area contributed by atoms with E-state index in [0.717, 1.165) is 12.8 Å². The van der Waals surface area contributed by atoms with Crippen LogP contribution >= 0.6 is 0 Å². The van der Waals surface area contributed by atoms with Crippen molar-refractivity contribution in [1.29, 1.82) is 0 Å². The molecule has 21 heavy (non-hydrogen) atoms. The molecular formula is C15H25F3N2O. The van der Waals surface area contributed by atoms with E-state index in [2.05, 4.69) is 10.2 Å². The minimum absolute atomic E-state index is 0.0871. The van der Waals surface area contributed by atoms with Gasteiger partial charge in [0.1, 0.15) is 0 Å². The lowest BCUT2D eigenvalue weighted by atomic mass is 9.89. The molecule has 1 saturated heterocycles. The van der Waals surface area contributed by atoms with E-state index >= 15 is 0 Å². The fraction of sp³-hybridized carbons (Fsp3) is 0.933. The third-order valence-corrected chi connectivity index (χ3v) is 4.17. The van der Waals surface area contributed by atoms with E-state index in [0.29, 0.717) is 25.6 Å². The van der Waals surface area contributed by atoms with Gasteiger partial charge in [0.15, 0.2) is 0 Å². The number of alkyl halides is 3. The number of hydrogen-bond acceptors (Lipinski definition) is 2. The summed E-state index contributed by atoms with van der Waals surface area (Å²) in [5, 5.41) is 2.94. The molecule has 0 aromatic heterocycles. The van der Waals surface area contributed by atoms with Crippen molar-refractivity contribution in [1.82, 2.24) is 10.2 Å². The summed E-state index contributed by atoms with van der Waals surface area (Å²) >= 11 is 0. The van der Waals surface area contributed by atoms with Gasteiger partial charge in [0.05, 0.1) is 0 Å². The van der Waals surface area contributed by atoms with E-state index in [1.54, 1.807) is 0 Å². The van der Waals surface area contributed by atoms with Crippen LogP contribution < -0.4 is 5.32 Å². The van der Waals surface area contributed by atoms with Crippen LogP contribution in [0.1, 0.15) is 46.5 Å². The minimum Gasteiger partial charge on any atom is -0.352 e. The van der Waals surface area contributed by atoms with Gasteiger partial charge in [-0.2, -0.15) is 13.2 Å².